The van der Waals surface area contributed by atoms with E-state index in [4.69, 9.17) is 59.3 Å². The minimum atomic E-state index is -4.46. The van der Waals surface area contributed by atoms with Crippen molar-refractivity contribution in [2.45, 2.75) is 78.0 Å². The fourth-order valence-corrected chi connectivity index (χ4v) is 14.1. The number of amides is 3. The number of thioether (sulfide) groups is 2. The van der Waals surface area contributed by atoms with Crippen molar-refractivity contribution < 1.29 is 85.9 Å². The Kier molecular flexibility index (Phi) is 23.6. The number of carbonyl (C=O) groups excluding carboxylic acids is 5. The number of nitrogens with two attached hydrogens (primary N) is 1. The second-order valence-electron chi connectivity index (χ2n) is 18.8. The van der Waals surface area contributed by atoms with Crippen molar-refractivity contribution >= 4 is 100 Å². The van der Waals surface area contributed by atoms with Gasteiger partial charge >= 0.3 is 25.7 Å². The lowest BCUT2D eigenvalue weighted by Crippen LogP contribution is -2.63. The van der Waals surface area contributed by atoms with Crippen LogP contribution in [0.2, 0.25) is 0 Å². The highest BCUT2D eigenvalue weighted by molar-refractivity contribution is 8.03. The Morgan fingerprint density at radius 1 is 0.683 bits per heavy atom. The van der Waals surface area contributed by atoms with Gasteiger partial charge in [0.1, 0.15) is 28.7 Å². The van der Waals surface area contributed by atoms with E-state index in [0.717, 1.165) is 0 Å². The van der Waals surface area contributed by atoms with Crippen LogP contribution in [0.25, 0.3) is 10.4 Å². The smallest absolute Gasteiger partial charge is 0.477 e. The number of carbonyl (C=O) groups is 6. The molecule has 12 atom stereocenters. The lowest BCUT2D eigenvalue weighted by atomic mass is 9.79. The molecule has 3 fully saturated rings. The maximum Gasteiger partial charge on any atom is 0.646 e. The SMILES string of the molecule is CC(O)C1C(=O)N2C(C(=O)O)=C(SCOCCN)C(C)C12.[B]N=POC(=O)C1=C(OP(=O)(Oc2ccccc2)Oc2ccccc2)C(C)C2C(C(C)O)C(=O)N12.[B]N=POC(=O)C1=C(SCOCCN=[N+]=[N-])C(C)C2C(C(C)O)C(=O)N12. The zero-order valence-electron chi connectivity index (χ0n) is 44.9. The molecular formula is C48H58B2N9O18P3S2. The largest absolute Gasteiger partial charge is 0.646 e. The fraction of sp³-hybridized carbons (Fsp3) is 0.500. The molecule has 6 aliphatic rings. The van der Waals surface area contributed by atoms with Gasteiger partial charge in [0.2, 0.25) is 34.9 Å². The van der Waals surface area contributed by atoms with Gasteiger partial charge in [-0.2, -0.15) is 4.57 Å². The van der Waals surface area contributed by atoms with Crippen molar-refractivity contribution in [3.05, 3.63) is 104 Å². The Labute approximate surface area is 485 Å². The van der Waals surface area contributed by atoms with Crippen LogP contribution < -0.4 is 14.8 Å². The number of hydrogen-bond acceptors (Lipinski definition) is 23. The van der Waals surface area contributed by atoms with Crippen molar-refractivity contribution in [1.29, 1.82) is 0 Å². The summed E-state index contributed by atoms with van der Waals surface area (Å²) in [5.41, 5.74) is 13.4. The number of phosphoric ester groups is 1. The zero-order chi connectivity index (χ0) is 60.2. The Morgan fingerprint density at radius 3 is 1.50 bits per heavy atom. The number of aliphatic carboxylic acids is 1. The number of carboxylic acid groups (broad SMARTS) is 1. The Balaban J connectivity index is 0.000000205. The van der Waals surface area contributed by atoms with Gasteiger partial charge in [-0.15, -0.1) is 0 Å². The lowest BCUT2D eigenvalue weighted by molar-refractivity contribution is -0.163. The molecule has 6 N–H and O–H groups in total. The Bertz CT molecular complexity index is 2920. The molecule has 2 aromatic carbocycles. The van der Waals surface area contributed by atoms with E-state index in [9.17, 15) is 53.8 Å². The van der Waals surface area contributed by atoms with E-state index in [0.29, 0.717) is 28.9 Å². The molecule has 0 bridgehead atoms. The molecule has 6 heterocycles. The first-order chi connectivity index (χ1) is 39.1. The van der Waals surface area contributed by atoms with Crippen molar-refractivity contribution in [2.75, 3.05) is 38.2 Å². The molecule has 0 aromatic heterocycles. The number of β-lactam (4-membered cyclic amide) rings is 3. The highest BCUT2D eigenvalue weighted by atomic mass is 32.2. The third kappa shape index (κ3) is 14.2. The van der Waals surface area contributed by atoms with Crippen LogP contribution in [0.4, 0.5) is 0 Å². The van der Waals surface area contributed by atoms with Crippen molar-refractivity contribution in [3.8, 4) is 11.5 Å². The van der Waals surface area contributed by atoms with Gasteiger partial charge < -0.3 is 77.4 Å². The minimum Gasteiger partial charge on any atom is -0.477 e. The summed E-state index contributed by atoms with van der Waals surface area (Å²) in [6, 6.07) is 15.3. The number of benzene rings is 2. The van der Waals surface area contributed by atoms with Crippen LogP contribution in [0.1, 0.15) is 41.5 Å². The monoisotopic (exact) mass is 1230 g/mol. The quantitative estimate of drug-likeness (QED) is 0.0119. The summed E-state index contributed by atoms with van der Waals surface area (Å²) < 4.78 is 58.0. The number of ether oxygens (including phenoxy) is 2. The predicted molar refractivity (Wildman–Crippen MR) is 299 cm³/mol. The van der Waals surface area contributed by atoms with E-state index in [1.54, 1.807) is 81.4 Å². The number of para-hydroxylation sites is 2. The zero-order valence-corrected chi connectivity index (χ0v) is 49.2. The first-order valence-electron chi connectivity index (χ1n) is 25.2. The molecule has 436 valence electrons. The standard InChI is InChI=1S/C22H21BN2O8P2.C13H17BN5O5PS.C13H20N2O5S/c1-13-18-17(14(2)26)21(27)25(18)19(22(28)30-34-24-23)20(13)33-35(29,31-15-9-5-3-6-10-15)32-16-11-7-4-8-12-16;1-6-9-8(7(2)20)12(21)19(9)10(13(22)24-25-17-14)11(6)26-5-23-4-3-16-18-15;1-6-9-8(7(2)16)12(17)15(9)10(13(18)19)11(6)21-5-20-4-3-14/h3-14,17-18,26H,1-2H3;6-9,20H,3-5H2,1-2H3;6-9,16H,3-5,14H2,1-2H3,(H,18,19). The first-order valence-corrected chi connectivity index (χ1v) is 30.1. The second-order valence-corrected chi connectivity index (χ2v) is 23.3. The van der Waals surface area contributed by atoms with E-state index in [2.05, 4.69) is 19.3 Å². The molecule has 3 amide bonds. The average Bonchev–Trinajstić information content (AvgIpc) is 3.24. The van der Waals surface area contributed by atoms with E-state index in [1.165, 1.54) is 45.1 Å². The van der Waals surface area contributed by atoms with Crippen molar-refractivity contribution in [2.24, 2.45) is 55.7 Å². The number of azide groups is 1. The number of phosphoric acid groups is 1. The van der Waals surface area contributed by atoms with Crippen LogP contribution in [0, 0.1) is 35.5 Å². The van der Waals surface area contributed by atoms with Gasteiger partial charge in [0.05, 0.1) is 79.3 Å². The average molecular weight is 1230 g/mol. The molecule has 4 radical (unpaired) electrons. The van der Waals surface area contributed by atoms with Crippen molar-refractivity contribution in [3.63, 3.8) is 0 Å². The summed E-state index contributed by atoms with van der Waals surface area (Å²) >= 11 is 2.54. The summed E-state index contributed by atoms with van der Waals surface area (Å²) in [7, 11) is 5.32. The van der Waals surface area contributed by atoms with E-state index in [1.807, 2.05) is 13.8 Å². The third-order valence-electron chi connectivity index (χ3n) is 13.6. The first kappa shape index (κ1) is 65.4. The molecule has 0 spiro atoms. The lowest BCUT2D eigenvalue weighted by Gasteiger charge is -2.46. The topological polar surface area (TPSA) is 374 Å². The number of nitrogens with zero attached hydrogens (tertiary/aromatic N) is 8. The molecule has 0 aliphatic carbocycles. The number of carboxylic acids is 1. The third-order valence-corrected chi connectivity index (χ3v) is 17.9. The van der Waals surface area contributed by atoms with E-state index < -0.39 is 79.7 Å². The van der Waals surface area contributed by atoms with Crippen LogP contribution in [0.5, 0.6) is 11.5 Å². The van der Waals surface area contributed by atoms with Gasteiger partial charge in [-0.3, -0.25) is 19.3 Å². The summed E-state index contributed by atoms with van der Waals surface area (Å²) in [6.07, 6.45) is -2.58. The van der Waals surface area contributed by atoms with E-state index in [-0.39, 0.29) is 106 Å². The molecule has 0 saturated carbocycles. The number of aliphatic hydroxyl groups excluding tert-OH is 3. The van der Waals surface area contributed by atoms with Crippen LogP contribution in [0.15, 0.2) is 108 Å². The van der Waals surface area contributed by atoms with Crippen LogP contribution in [-0.2, 0) is 56.4 Å². The summed E-state index contributed by atoms with van der Waals surface area (Å²) in [5.74, 6) is -5.95. The van der Waals surface area contributed by atoms with Gasteiger partial charge in [0.25, 0.3) is 16.0 Å². The highest BCUT2D eigenvalue weighted by Crippen LogP contribution is 2.58. The highest BCUT2D eigenvalue weighted by Gasteiger charge is 2.63. The number of fused-ring (bicyclic) bond motifs is 3. The molecule has 12 unspecified atom stereocenters. The fourth-order valence-electron chi connectivity index (χ4n) is 10.2. The molecular weight excluding hydrogens is 1170 g/mol. The van der Waals surface area contributed by atoms with Gasteiger partial charge in [-0.05, 0) is 50.6 Å². The number of hydrogen-bond donors (Lipinski definition) is 5. The molecule has 3 saturated heterocycles. The van der Waals surface area contributed by atoms with Gasteiger partial charge in [0, 0.05) is 45.6 Å². The molecule has 27 nitrogen and oxygen atoms in total. The second kappa shape index (κ2) is 29.6. The summed E-state index contributed by atoms with van der Waals surface area (Å²) in [4.78, 5) is 81.7. The number of aliphatic hydroxyl groups is 3. The normalized spacial score (nSPS) is 25.3. The number of rotatable bonds is 25. The molecule has 2 aromatic rings. The molecule has 6 aliphatic heterocycles. The minimum absolute atomic E-state index is 0.0238. The Morgan fingerprint density at radius 2 is 1.09 bits per heavy atom. The molecule has 8 rings (SSSR count). The predicted octanol–water partition coefficient (Wildman–Crippen LogP) is 5.56. The Hall–Kier alpha value is -5.79. The summed E-state index contributed by atoms with van der Waals surface area (Å²) in [5, 5.41) is 42.4. The van der Waals surface area contributed by atoms with Crippen molar-refractivity contribution in [1.82, 2.24) is 14.7 Å². The van der Waals surface area contributed by atoms with Crippen LogP contribution >= 0.6 is 48.5 Å². The van der Waals surface area contributed by atoms with Gasteiger partial charge in [0.15, 0.2) is 5.70 Å². The van der Waals surface area contributed by atoms with Gasteiger partial charge in [-0.25, -0.2) is 14.4 Å². The van der Waals surface area contributed by atoms with Crippen LogP contribution in [0.3, 0.4) is 0 Å². The van der Waals surface area contributed by atoms with Crippen LogP contribution in [-0.4, -0.2) is 161 Å². The maximum absolute atomic E-state index is 13.9. The van der Waals surface area contributed by atoms with E-state index >= 15 is 0 Å². The summed E-state index contributed by atoms with van der Waals surface area (Å²) in [6.45, 7) is 11.3. The molecule has 34 heteroatoms. The molecule has 82 heavy (non-hydrogen) atoms. The van der Waals surface area contributed by atoms with Gasteiger partial charge in [-0.1, -0.05) is 85.8 Å². The maximum atomic E-state index is 13.9.